The zero-order valence-electron chi connectivity index (χ0n) is 13.5. The average molecular weight is 313 g/mol. The second kappa shape index (κ2) is 7.13. The normalized spacial score (nSPS) is 14.4. The molecule has 4 heteroatoms. The van der Waals surface area contributed by atoms with E-state index in [0.717, 1.165) is 17.5 Å². The minimum absolute atomic E-state index is 0.151. The summed E-state index contributed by atoms with van der Waals surface area (Å²) in [6.07, 6.45) is 0.452. The Bertz CT molecular complexity index is 724. The third-order valence-electron chi connectivity index (χ3n) is 4.57. The van der Waals surface area contributed by atoms with E-state index in [2.05, 4.69) is 47.9 Å². The predicted octanol–water partition coefficient (Wildman–Crippen LogP) is 1.49. The predicted molar refractivity (Wildman–Crippen MR) is 93.4 cm³/mol. The first-order valence-electron chi connectivity index (χ1n) is 8.32. The molecule has 0 amide bonds. The van der Waals surface area contributed by atoms with Crippen molar-refractivity contribution in [3.05, 3.63) is 48.5 Å². The highest BCUT2D eigenvalue weighted by molar-refractivity contribution is 6.07. The van der Waals surface area contributed by atoms with Gasteiger partial charge in [-0.05, 0) is 18.6 Å². The molecule has 2 atom stereocenters. The van der Waals surface area contributed by atoms with Crippen molar-refractivity contribution in [1.29, 1.82) is 0 Å². The number of aromatic nitrogens is 1. The molecular weight excluding hydrogens is 288 g/mol. The van der Waals surface area contributed by atoms with E-state index in [4.69, 9.17) is 0 Å². The fourth-order valence-electron chi connectivity index (χ4n) is 3.21. The molecule has 0 fully saturated rings. The van der Waals surface area contributed by atoms with Gasteiger partial charge in [-0.25, -0.2) is 0 Å². The summed E-state index contributed by atoms with van der Waals surface area (Å²) in [5.41, 5.74) is 2.31. The SMILES string of the molecule is CC[C@H](CO)[NH2+]C[C@H](O)Cn1c2ccccc2c2ccccc21. The van der Waals surface area contributed by atoms with E-state index in [1.54, 1.807) is 0 Å². The Morgan fingerprint density at radius 1 is 1.00 bits per heavy atom. The Hall–Kier alpha value is -1.88. The van der Waals surface area contributed by atoms with E-state index in [9.17, 15) is 10.2 Å². The summed E-state index contributed by atoms with van der Waals surface area (Å²) < 4.78 is 2.20. The largest absolute Gasteiger partial charge is 0.390 e. The molecule has 4 N–H and O–H groups in total. The number of aliphatic hydroxyl groups is 2. The van der Waals surface area contributed by atoms with Crippen LogP contribution in [0.1, 0.15) is 13.3 Å². The molecular formula is C19H25N2O2+. The summed E-state index contributed by atoms with van der Waals surface area (Å²) in [5.74, 6) is 0. The third-order valence-corrected chi connectivity index (χ3v) is 4.57. The number of nitrogens with zero attached hydrogens (tertiary/aromatic N) is 1. The Morgan fingerprint density at radius 3 is 2.09 bits per heavy atom. The van der Waals surface area contributed by atoms with Gasteiger partial charge in [-0.15, -0.1) is 0 Å². The number of para-hydroxylation sites is 2. The summed E-state index contributed by atoms with van der Waals surface area (Å²) in [6, 6.07) is 16.8. The summed E-state index contributed by atoms with van der Waals surface area (Å²) in [4.78, 5) is 0. The average Bonchev–Trinajstić information content (AvgIpc) is 2.90. The van der Waals surface area contributed by atoms with Crippen LogP contribution in [0.2, 0.25) is 0 Å². The van der Waals surface area contributed by atoms with Crippen LogP contribution in [0.15, 0.2) is 48.5 Å². The summed E-state index contributed by atoms with van der Waals surface area (Å²) in [6.45, 7) is 3.36. The van der Waals surface area contributed by atoms with Crippen LogP contribution in [-0.2, 0) is 6.54 Å². The van der Waals surface area contributed by atoms with Gasteiger partial charge in [0.15, 0.2) is 0 Å². The standard InChI is InChI=1S/C19H24N2O2/c1-2-14(13-22)20-11-15(23)12-21-18-9-5-3-7-16(18)17-8-4-6-10-19(17)21/h3-10,14-15,20,22-23H,2,11-13H2,1H3/p+1/t14-,15+/m1/s1. The number of hydrogen-bond donors (Lipinski definition) is 3. The summed E-state index contributed by atoms with van der Waals surface area (Å²) >= 11 is 0. The minimum Gasteiger partial charge on any atom is -0.390 e. The monoisotopic (exact) mass is 313 g/mol. The highest BCUT2D eigenvalue weighted by Crippen LogP contribution is 2.28. The Balaban J connectivity index is 1.86. The van der Waals surface area contributed by atoms with Gasteiger partial charge in [0.2, 0.25) is 0 Å². The first kappa shape index (κ1) is 16.0. The van der Waals surface area contributed by atoms with Crippen molar-refractivity contribution >= 4 is 21.8 Å². The van der Waals surface area contributed by atoms with E-state index < -0.39 is 6.10 Å². The topological polar surface area (TPSA) is 62.0 Å². The lowest BCUT2D eigenvalue weighted by molar-refractivity contribution is -0.696. The molecule has 3 aromatic rings. The molecule has 0 spiro atoms. The Labute approximate surface area is 136 Å². The van der Waals surface area contributed by atoms with Crippen LogP contribution < -0.4 is 5.32 Å². The van der Waals surface area contributed by atoms with E-state index in [-0.39, 0.29) is 12.6 Å². The second-order valence-corrected chi connectivity index (χ2v) is 6.12. The molecule has 0 saturated carbocycles. The molecule has 0 aliphatic carbocycles. The Kier molecular flexibility index (Phi) is 4.96. The lowest BCUT2D eigenvalue weighted by Crippen LogP contribution is -2.92. The molecule has 4 nitrogen and oxygen atoms in total. The number of aliphatic hydroxyl groups excluding tert-OH is 2. The van der Waals surface area contributed by atoms with Crippen molar-refractivity contribution in [2.75, 3.05) is 13.2 Å². The fraction of sp³-hybridized carbons (Fsp3) is 0.368. The highest BCUT2D eigenvalue weighted by atomic mass is 16.3. The second-order valence-electron chi connectivity index (χ2n) is 6.12. The zero-order chi connectivity index (χ0) is 16.2. The number of benzene rings is 2. The maximum Gasteiger partial charge on any atom is 0.121 e. The number of hydrogen-bond acceptors (Lipinski definition) is 2. The van der Waals surface area contributed by atoms with Gasteiger partial charge in [-0.1, -0.05) is 43.3 Å². The Morgan fingerprint density at radius 2 is 1.57 bits per heavy atom. The lowest BCUT2D eigenvalue weighted by Gasteiger charge is -2.16. The van der Waals surface area contributed by atoms with Crippen LogP contribution >= 0.6 is 0 Å². The zero-order valence-corrected chi connectivity index (χ0v) is 13.5. The van der Waals surface area contributed by atoms with Gasteiger partial charge in [0.1, 0.15) is 18.7 Å². The van der Waals surface area contributed by atoms with Gasteiger partial charge in [-0.3, -0.25) is 0 Å². The van der Waals surface area contributed by atoms with E-state index in [1.165, 1.54) is 10.8 Å². The molecule has 1 aromatic heterocycles. The van der Waals surface area contributed by atoms with E-state index in [0.29, 0.717) is 13.1 Å². The molecule has 1 heterocycles. The molecule has 2 aromatic carbocycles. The molecule has 0 aliphatic rings. The van der Waals surface area contributed by atoms with Crippen molar-refractivity contribution in [3.63, 3.8) is 0 Å². The molecule has 23 heavy (non-hydrogen) atoms. The molecule has 0 saturated heterocycles. The molecule has 0 unspecified atom stereocenters. The number of fused-ring (bicyclic) bond motifs is 3. The van der Waals surface area contributed by atoms with Crippen molar-refractivity contribution in [3.8, 4) is 0 Å². The first-order chi connectivity index (χ1) is 11.2. The van der Waals surface area contributed by atoms with Crippen LogP contribution in [-0.4, -0.2) is 40.1 Å². The first-order valence-corrected chi connectivity index (χ1v) is 8.32. The van der Waals surface area contributed by atoms with Gasteiger partial charge in [0.25, 0.3) is 0 Å². The molecule has 0 aliphatic heterocycles. The summed E-state index contributed by atoms with van der Waals surface area (Å²) in [7, 11) is 0. The van der Waals surface area contributed by atoms with Crippen molar-refractivity contribution in [2.24, 2.45) is 0 Å². The van der Waals surface area contributed by atoms with Crippen LogP contribution in [0, 0.1) is 0 Å². The number of rotatable bonds is 7. The summed E-state index contributed by atoms with van der Waals surface area (Å²) in [5, 5.41) is 24.2. The van der Waals surface area contributed by atoms with E-state index in [1.807, 2.05) is 17.4 Å². The third kappa shape index (κ3) is 3.24. The van der Waals surface area contributed by atoms with Crippen LogP contribution in [0.3, 0.4) is 0 Å². The van der Waals surface area contributed by atoms with Gasteiger partial charge in [0, 0.05) is 21.8 Å². The fourth-order valence-corrected chi connectivity index (χ4v) is 3.21. The maximum absolute atomic E-state index is 10.4. The minimum atomic E-state index is -0.449. The molecule has 3 rings (SSSR count). The van der Waals surface area contributed by atoms with Gasteiger partial charge in [0.05, 0.1) is 13.2 Å². The van der Waals surface area contributed by atoms with Crippen LogP contribution in [0.4, 0.5) is 0 Å². The molecule has 122 valence electrons. The van der Waals surface area contributed by atoms with Gasteiger partial charge < -0.3 is 20.1 Å². The van der Waals surface area contributed by atoms with Crippen molar-refractivity contribution in [2.45, 2.75) is 32.0 Å². The number of nitrogens with two attached hydrogens (primary N) is 1. The van der Waals surface area contributed by atoms with Crippen molar-refractivity contribution < 1.29 is 15.5 Å². The lowest BCUT2D eigenvalue weighted by atomic mass is 10.2. The highest BCUT2D eigenvalue weighted by Gasteiger charge is 2.16. The molecule has 0 bridgehead atoms. The van der Waals surface area contributed by atoms with Crippen LogP contribution in [0.5, 0.6) is 0 Å². The van der Waals surface area contributed by atoms with Gasteiger partial charge in [-0.2, -0.15) is 0 Å². The maximum atomic E-state index is 10.4. The smallest absolute Gasteiger partial charge is 0.121 e. The van der Waals surface area contributed by atoms with Crippen LogP contribution in [0.25, 0.3) is 21.8 Å². The number of quaternary nitrogens is 1. The quantitative estimate of drug-likeness (QED) is 0.619. The van der Waals surface area contributed by atoms with E-state index >= 15 is 0 Å². The van der Waals surface area contributed by atoms with Gasteiger partial charge >= 0.3 is 0 Å². The van der Waals surface area contributed by atoms with Crippen molar-refractivity contribution in [1.82, 2.24) is 4.57 Å². The molecule has 0 radical (unpaired) electrons.